The van der Waals surface area contributed by atoms with Gasteiger partial charge < -0.3 is 14.9 Å². The highest BCUT2D eigenvalue weighted by molar-refractivity contribution is 6.31. The van der Waals surface area contributed by atoms with E-state index in [-0.39, 0.29) is 11.5 Å². The first-order valence-corrected chi connectivity index (χ1v) is 6.42. The Bertz CT molecular complexity index is 690. The van der Waals surface area contributed by atoms with Crippen molar-refractivity contribution in [1.82, 2.24) is 4.98 Å². The zero-order valence-electron chi connectivity index (χ0n) is 11.0. The molecule has 0 N–H and O–H groups in total. The van der Waals surface area contributed by atoms with E-state index in [1.54, 1.807) is 18.2 Å². The number of hydrogen-bond donors (Lipinski definition) is 0. The molecule has 0 fully saturated rings. The third-order valence-corrected chi connectivity index (χ3v) is 2.94. The Morgan fingerprint density at radius 2 is 2.14 bits per heavy atom. The summed E-state index contributed by atoms with van der Waals surface area (Å²) in [5.74, 6) is -0.802. The summed E-state index contributed by atoms with van der Waals surface area (Å²) in [6, 6.07) is 9.31. The zero-order chi connectivity index (χ0) is 15.4. The molecule has 21 heavy (non-hydrogen) atoms. The van der Waals surface area contributed by atoms with E-state index in [1.165, 1.54) is 31.3 Å². The molecule has 1 aromatic heterocycles. The van der Waals surface area contributed by atoms with Gasteiger partial charge in [-0.05, 0) is 41.1 Å². The van der Waals surface area contributed by atoms with E-state index in [2.05, 4.69) is 4.98 Å². The van der Waals surface area contributed by atoms with Crippen molar-refractivity contribution in [2.75, 3.05) is 0 Å². The second-order valence-electron chi connectivity index (χ2n) is 4.22. The summed E-state index contributed by atoms with van der Waals surface area (Å²) in [6.45, 7) is 1.51. The van der Waals surface area contributed by atoms with Crippen LogP contribution in [-0.4, -0.2) is 21.8 Å². The van der Waals surface area contributed by atoms with Gasteiger partial charge in [0.15, 0.2) is 6.10 Å². The number of carbonyl (C=O) groups is 1. The minimum absolute atomic E-state index is 0.0506. The fourth-order valence-corrected chi connectivity index (χ4v) is 1.92. The van der Waals surface area contributed by atoms with Gasteiger partial charge in [0.2, 0.25) is 11.5 Å². The first kappa shape index (κ1) is 14.9. The number of nitrogens with zero attached hydrogens (tertiary/aromatic N) is 2. The predicted molar refractivity (Wildman–Crippen MR) is 76.8 cm³/mol. The average Bonchev–Trinajstić information content (AvgIpc) is 2.46. The number of ether oxygens (including phenoxy) is 1. The molecular formula is C14H11ClN2O4. The number of aromatic nitrogens is 1. The molecule has 0 saturated carbocycles. The summed E-state index contributed by atoms with van der Waals surface area (Å²) in [7, 11) is 0. The first-order valence-electron chi connectivity index (χ1n) is 6.05. The second-order valence-corrected chi connectivity index (χ2v) is 4.65. The van der Waals surface area contributed by atoms with Crippen molar-refractivity contribution in [3.8, 4) is 5.75 Å². The fraction of sp³-hybridized carbons (Fsp3) is 0.143. The van der Waals surface area contributed by atoms with Crippen molar-refractivity contribution in [2.24, 2.45) is 0 Å². The molecule has 7 heteroatoms. The van der Waals surface area contributed by atoms with Gasteiger partial charge in [-0.3, -0.25) is 4.79 Å². The Labute approximate surface area is 125 Å². The topological polar surface area (TPSA) is 82.3 Å². The number of benzene rings is 1. The van der Waals surface area contributed by atoms with E-state index in [9.17, 15) is 14.9 Å². The van der Waals surface area contributed by atoms with Crippen molar-refractivity contribution >= 4 is 23.2 Å². The van der Waals surface area contributed by atoms with Crippen molar-refractivity contribution in [2.45, 2.75) is 13.0 Å². The van der Waals surface area contributed by atoms with Gasteiger partial charge in [-0.25, -0.2) is 0 Å². The monoisotopic (exact) mass is 306 g/mol. The van der Waals surface area contributed by atoms with Crippen LogP contribution in [0.15, 0.2) is 42.6 Å². The Morgan fingerprint density at radius 3 is 2.81 bits per heavy atom. The van der Waals surface area contributed by atoms with Gasteiger partial charge in [-0.15, -0.1) is 0 Å². The molecule has 2 rings (SSSR count). The molecule has 0 saturated heterocycles. The molecular weight excluding hydrogens is 296 g/mol. The molecule has 0 radical (unpaired) electrons. The normalized spacial score (nSPS) is 11.7. The maximum Gasteiger partial charge on any atom is 0.406 e. The zero-order valence-corrected chi connectivity index (χ0v) is 11.8. The minimum atomic E-state index is -0.897. The molecule has 0 bridgehead atoms. The number of nitro groups is 1. The predicted octanol–water partition coefficient (Wildman–Crippen LogP) is 3.29. The third kappa shape index (κ3) is 3.55. The lowest BCUT2D eigenvalue weighted by atomic mass is 10.1. The number of carbonyl (C=O) groups excluding carboxylic acids is 1. The molecule has 1 unspecified atom stereocenters. The quantitative estimate of drug-likeness (QED) is 0.481. The summed E-state index contributed by atoms with van der Waals surface area (Å²) < 4.78 is 5.37. The van der Waals surface area contributed by atoms with Crippen LogP contribution >= 0.6 is 11.6 Å². The van der Waals surface area contributed by atoms with E-state index in [0.717, 1.165) is 0 Å². The Morgan fingerprint density at radius 1 is 1.38 bits per heavy atom. The molecule has 0 aliphatic rings. The van der Waals surface area contributed by atoms with Gasteiger partial charge in [0, 0.05) is 10.6 Å². The molecule has 0 aliphatic heterocycles. The van der Waals surface area contributed by atoms with Crippen molar-refractivity contribution < 1.29 is 14.5 Å². The van der Waals surface area contributed by atoms with Crippen LogP contribution in [0.3, 0.4) is 0 Å². The molecule has 2 aromatic rings. The van der Waals surface area contributed by atoms with Crippen LogP contribution in [0.4, 0.5) is 5.82 Å². The van der Waals surface area contributed by atoms with Crippen LogP contribution in [0, 0.1) is 10.1 Å². The number of rotatable bonds is 5. The maximum atomic E-state index is 12.2. The third-order valence-electron chi connectivity index (χ3n) is 2.71. The first-order chi connectivity index (χ1) is 9.99. The lowest BCUT2D eigenvalue weighted by Gasteiger charge is -2.13. The summed E-state index contributed by atoms with van der Waals surface area (Å²) in [5, 5.41) is 11.3. The molecule has 0 spiro atoms. The van der Waals surface area contributed by atoms with Crippen LogP contribution in [0.25, 0.3) is 0 Å². The smallest absolute Gasteiger partial charge is 0.406 e. The van der Waals surface area contributed by atoms with Gasteiger partial charge >= 0.3 is 5.82 Å². The Kier molecular flexibility index (Phi) is 4.49. The molecule has 108 valence electrons. The van der Waals surface area contributed by atoms with E-state index in [4.69, 9.17) is 16.3 Å². The lowest BCUT2D eigenvalue weighted by molar-refractivity contribution is -0.390. The average molecular weight is 307 g/mol. The number of pyridine rings is 1. The molecule has 0 amide bonds. The van der Waals surface area contributed by atoms with Gasteiger partial charge in [0.25, 0.3) is 0 Å². The molecule has 1 heterocycles. The van der Waals surface area contributed by atoms with Crippen LogP contribution in [0.5, 0.6) is 5.75 Å². The fourth-order valence-electron chi connectivity index (χ4n) is 1.73. The van der Waals surface area contributed by atoms with Crippen LogP contribution in [-0.2, 0) is 0 Å². The molecule has 1 atom stereocenters. The van der Waals surface area contributed by atoms with E-state index in [0.29, 0.717) is 10.6 Å². The van der Waals surface area contributed by atoms with Gasteiger partial charge in [0.1, 0.15) is 6.20 Å². The minimum Gasteiger partial charge on any atom is -0.474 e. The standard InChI is InChI=1S/C14H11ClN2O4/c1-9(13(18)10-4-2-5-11(15)8-10)21-12-6-3-7-16-14(12)17(19)20/h2-9H,1H3. The molecule has 1 aromatic carbocycles. The number of ketones is 1. The highest BCUT2D eigenvalue weighted by Crippen LogP contribution is 2.25. The van der Waals surface area contributed by atoms with E-state index >= 15 is 0 Å². The number of hydrogen-bond acceptors (Lipinski definition) is 5. The van der Waals surface area contributed by atoms with Crippen LogP contribution < -0.4 is 4.74 Å². The summed E-state index contributed by atoms with van der Waals surface area (Å²) in [6.07, 6.45) is 0.389. The summed E-state index contributed by atoms with van der Waals surface area (Å²) >= 11 is 5.83. The van der Waals surface area contributed by atoms with Gasteiger partial charge in [0.05, 0.1) is 0 Å². The maximum absolute atomic E-state index is 12.2. The number of Topliss-reactive ketones (excluding diaryl/α,β-unsaturated/α-hetero) is 1. The Balaban J connectivity index is 2.20. The van der Waals surface area contributed by atoms with Gasteiger partial charge in [-0.2, -0.15) is 0 Å². The van der Waals surface area contributed by atoms with Crippen LogP contribution in [0.2, 0.25) is 5.02 Å². The summed E-state index contributed by atoms with van der Waals surface area (Å²) in [4.78, 5) is 26.0. The van der Waals surface area contributed by atoms with Crippen molar-refractivity contribution in [1.29, 1.82) is 0 Å². The van der Waals surface area contributed by atoms with E-state index in [1.807, 2.05) is 0 Å². The molecule has 6 nitrogen and oxygen atoms in total. The highest BCUT2D eigenvalue weighted by Gasteiger charge is 2.22. The van der Waals surface area contributed by atoms with E-state index < -0.39 is 16.8 Å². The largest absolute Gasteiger partial charge is 0.474 e. The molecule has 0 aliphatic carbocycles. The Hall–Kier alpha value is -2.47. The summed E-state index contributed by atoms with van der Waals surface area (Å²) in [5.41, 5.74) is 0.376. The second kappa shape index (κ2) is 6.32. The lowest BCUT2D eigenvalue weighted by Crippen LogP contribution is -2.24. The van der Waals surface area contributed by atoms with Crippen LogP contribution in [0.1, 0.15) is 17.3 Å². The SMILES string of the molecule is CC(Oc1cccnc1[N+](=O)[O-])C(=O)c1cccc(Cl)c1. The highest BCUT2D eigenvalue weighted by atomic mass is 35.5. The van der Waals surface area contributed by atoms with Crippen molar-refractivity contribution in [3.63, 3.8) is 0 Å². The van der Waals surface area contributed by atoms with Crippen molar-refractivity contribution in [3.05, 3.63) is 63.3 Å². The number of halogens is 1. The van der Waals surface area contributed by atoms with Gasteiger partial charge in [-0.1, -0.05) is 23.7 Å².